The average molecular weight is 404 g/mol. The highest BCUT2D eigenvalue weighted by Crippen LogP contribution is 2.31. The van der Waals surface area contributed by atoms with Crippen LogP contribution in [-0.2, 0) is 6.61 Å². The maximum absolute atomic E-state index is 12.7. The van der Waals surface area contributed by atoms with Crippen LogP contribution in [0.1, 0.15) is 27.6 Å². The van der Waals surface area contributed by atoms with Crippen molar-refractivity contribution in [1.82, 2.24) is 24.6 Å². The number of benzene rings is 1. The van der Waals surface area contributed by atoms with Crippen molar-refractivity contribution in [3.05, 3.63) is 71.6 Å². The molecule has 4 rings (SSSR count). The van der Waals surface area contributed by atoms with E-state index in [0.29, 0.717) is 29.6 Å². The lowest BCUT2D eigenvalue weighted by atomic mass is 10.2. The SMILES string of the molecule is COc1ccc(NC(=O)c2nc3nc(C)cc(C)n3n2)cc1OCc1ccncc1. The molecule has 4 aromatic rings. The van der Waals surface area contributed by atoms with E-state index in [1.807, 2.05) is 32.0 Å². The lowest BCUT2D eigenvalue weighted by molar-refractivity contribution is 0.101. The number of pyridine rings is 1. The van der Waals surface area contributed by atoms with Gasteiger partial charge in [-0.05, 0) is 49.7 Å². The molecule has 0 saturated heterocycles. The van der Waals surface area contributed by atoms with Crippen molar-refractivity contribution in [3.63, 3.8) is 0 Å². The van der Waals surface area contributed by atoms with Crippen LogP contribution in [0.15, 0.2) is 48.8 Å². The number of ether oxygens (including phenoxy) is 2. The highest BCUT2D eigenvalue weighted by molar-refractivity contribution is 6.01. The number of rotatable bonds is 6. The third-order valence-electron chi connectivity index (χ3n) is 4.39. The Balaban J connectivity index is 1.54. The lowest BCUT2D eigenvalue weighted by Gasteiger charge is -2.12. The molecule has 0 aliphatic rings. The van der Waals surface area contributed by atoms with Crippen molar-refractivity contribution in [3.8, 4) is 11.5 Å². The second kappa shape index (κ2) is 8.16. The number of amides is 1. The van der Waals surface area contributed by atoms with Crippen LogP contribution in [0.5, 0.6) is 11.5 Å². The molecule has 0 fully saturated rings. The summed E-state index contributed by atoms with van der Waals surface area (Å²) in [5.74, 6) is 1.04. The summed E-state index contributed by atoms with van der Waals surface area (Å²) >= 11 is 0. The van der Waals surface area contributed by atoms with Crippen molar-refractivity contribution in [2.75, 3.05) is 12.4 Å². The fourth-order valence-corrected chi connectivity index (χ4v) is 2.96. The molecule has 1 N–H and O–H groups in total. The maximum atomic E-state index is 12.7. The van der Waals surface area contributed by atoms with Gasteiger partial charge in [-0.2, -0.15) is 4.98 Å². The van der Waals surface area contributed by atoms with Crippen LogP contribution >= 0.6 is 0 Å². The fourth-order valence-electron chi connectivity index (χ4n) is 2.96. The summed E-state index contributed by atoms with van der Waals surface area (Å²) < 4.78 is 12.8. The number of nitrogens with one attached hydrogen (secondary N) is 1. The Morgan fingerprint density at radius 3 is 2.63 bits per heavy atom. The molecule has 0 unspecified atom stereocenters. The standard InChI is InChI=1S/C21H20N6O3/c1-13-10-14(2)27-21(23-13)25-19(26-27)20(28)24-16-4-5-17(29-3)18(11-16)30-12-15-6-8-22-9-7-15/h4-11H,12H2,1-3H3,(H,24,28). The molecule has 1 amide bonds. The van der Waals surface area contributed by atoms with Crippen LogP contribution in [0.2, 0.25) is 0 Å². The van der Waals surface area contributed by atoms with Gasteiger partial charge in [-0.1, -0.05) is 0 Å². The monoisotopic (exact) mass is 404 g/mol. The first kappa shape index (κ1) is 19.3. The first-order chi connectivity index (χ1) is 14.5. The molecule has 3 heterocycles. The molecule has 0 radical (unpaired) electrons. The molecule has 0 atom stereocenters. The average Bonchev–Trinajstić information content (AvgIpc) is 3.18. The summed E-state index contributed by atoms with van der Waals surface area (Å²) in [7, 11) is 1.56. The van der Waals surface area contributed by atoms with Crippen molar-refractivity contribution in [1.29, 1.82) is 0 Å². The van der Waals surface area contributed by atoms with Crippen LogP contribution in [0.25, 0.3) is 5.78 Å². The molecule has 30 heavy (non-hydrogen) atoms. The minimum absolute atomic E-state index is 0.0336. The molecule has 0 bridgehead atoms. The third-order valence-corrected chi connectivity index (χ3v) is 4.39. The van der Waals surface area contributed by atoms with E-state index in [-0.39, 0.29) is 5.82 Å². The smallest absolute Gasteiger partial charge is 0.295 e. The van der Waals surface area contributed by atoms with Gasteiger partial charge in [-0.3, -0.25) is 9.78 Å². The van der Waals surface area contributed by atoms with Crippen molar-refractivity contribution < 1.29 is 14.3 Å². The Labute approximate surface area is 172 Å². The van der Waals surface area contributed by atoms with Gasteiger partial charge in [-0.25, -0.2) is 9.50 Å². The van der Waals surface area contributed by atoms with Crippen LogP contribution in [0, 0.1) is 13.8 Å². The maximum Gasteiger partial charge on any atom is 0.295 e. The first-order valence-electron chi connectivity index (χ1n) is 9.25. The number of hydrogen-bond donors (Lipinski definition) is 1. The number of aryl methyl sites for hydroxylation is 2. The largest absolute Gasteiger partial charge is 0.493 e. The second-order valence-electron chi connectivity index (χ2n) is 6.65. The number of nitrogens with zero attached hydrogens (tertiary/aromatic N) is 5. The number of carbonyl (C=O) groups excluding carboxylic acids is 1. The molecule has 0 aliphatic heterocycles. The molecule has 9 nitrogen and oxygen atoms in total. The minimum atomic E-state index is -0.442. The zero-order chi connectivity index (χ0) is 21.1. The van der Waals surface area contributed by atoms with Crippen LogP contribution in [-0.4, -0.2) is 37.6 Å². The van der Waals surface area contributed by atoms with E-state index in [9.17, 15) is 4.79 Å². The Morgan fingerprint density at radius 2 is 1.87 bits per heavy atom. The van der Waals surface area contributed by atoms with Gasteiger partial charge in [0.2, 0.25) is 5.82 Å². The first-order valence-corrected chi connectivity index (χ1v) is 9.25. The van der Waals surface area contributed by atoms with Gasteiger partial charge in [0.15, 0.2) is 11.5 Å². The predicted molar refractivity (Wildman–Crippen MR) is 110 cm³/mol. The van der Waals surface area contributed by atoms with E-state index >= 15 is 0 Å². The van der Waals surface area contributed by atoms with E-state index in [0.717, 1.165) is 17.0 Å². The number of aromatic nitrogens is 5. The van der Waals surface area contributed by atoms with E-state index in [2.05, 4.69) is 25.4 Å². The van der Waals surface area contributed by atoms with Gasteiger partial charge in [0, 0.05) is 35.5 Å². The molecule has 9 heteroatoms. The molecule has 1 aromatic carbocycles. The minimum Gasteiger partial charge on any atom is -0.493 e. The lowest BCUT2D eigenvalue weighted by Crippen LogP contribution is -2.14. The number of methoxy groups -OCH3 is 1. The molecular formula is C21H20N6O3. The van der Waals surface area contributed by atoms with Crippen molar-refractivity contribution in [2.24, 2.45) is 0 Å². The number of fused-ring (bicyclic) bond motifs is 1. The number of hydrogen-bond acceptors (Lipinski definition) is 7. The second-order valence-corrected chi connectivity index (χ2v) is 6.65. The Kier molecular flexibility index (Phi) is 5.25. The van der Waals surface area contributed by atoms with Gasteiger partial charge >= 0.3 is 0 Å². The molecular weight excluding hydrogens is 384 g/mol. The molecule has 0 spiro atoms. The summed E-state index contributed by atoms with van der Waals surface area (Å²) in [5.41, 5.74) is 3.16. The van der Waals surface area contributed by atoms with Crippen LogP contribution in [0.4, 0.5) is 5.69 Å². The number of carbonyl (C=O) groups is 1. The molecule has 0 aliphatic carbocycles. The summed E-state index contributed by atoms with van der Waals surface area (Å²) in [5, 5.41) is 7.04. The Bertz CT molecular complexity index is 1210. The third kappa shape index (κ3) is 4.04. The molecule has 0 saturated carbocycles. The van der Waals surface area contributed by atoms with E-state index in [1.165, 1.54) is 0 Å². The normalized spacial score (nSPS) is 10.8. The Morgan fingerprint density at radius 1 is 1.07 bits per heavy atom. The summed E-state index contributed by atoms with van der Waals surface area (Å²) in [4.78, 5) is 25.2. The zero-order valence-electron chi connectivity index (χ0n) is 16.8. The van der Waals surface area contributed by atoms with Gasteiger partial charge in [0.05, 0.1) is 7.11 Å². The van der Waals surface area contributed by atoms with Gasteiger partial charge in [-0.15, -0.1) is 5.10 Å². The topological polar surface area (TPSA) is 104 Å². The van der Waals surface area contributed by atoms with E-state index in [1.54, 1.807) is 42.2 Å². The fraction of sp³-hybridized carbons (Fsp3) is 0.190. The molecule has 152 valence electrons. The highest BCUT2D eigenvalue weighted by atomic mass is 16.5. The van der Waals surface area contributed by atoms with Crippen LogP contribution < -0.4 is 14.8 Å². The van der Waals surface area contributed by atoms with E-state index < -0.39 is 5.91 Å². The Hall–Kier alpha value is -4.01. The van der Waals surface area contributed by atoms with Gasteiger partial charge in [0.25, 0.3) is 11.7 Å². The molecule has 3 aromatic heterocycles. The number of anilines is 1. The predicted octanol–water partition coefficient (Wildman–Crippen LogP) is 2.98. The summed E-state index contributed by atoms with van der Waals surface area (Å²) in [6.07, 6.45) is 3.40. The van der Waals surface area contributed by atoms with Crippen molar-refractivity contribution in [2.45, 2.75) is 20.5 Å². The summed E-state index contributed by atoms with van der Waals surface area (Å²) in [6.45, 7) is 4.09. The van der Waals surface area contributed by atoms with Crippen molar-refractivity contribution >= 4 is 17.4 Å². The van der Waals surface area contributed by atoms with Crippen LogP contribution in [0.3, 0.4) is 0 Å². The highest BCUT2D eigenvalue weighted by Gasteiger charge is 2.16. The summed E-state index contributed by atoms with van der Waals surface area (Å²) in [6, 6.07) is 10.7. The van der Waals surface area contributed by atoms with Gasteiger partial charge < -0.3 is 14.8 Å². The quantitative estimate of drug-likeness (QED) is 0.527. The van der Waals surface area contributed by atoms with E-state index in [4.69, 9.17) is 9.47 Å². The zero-order valence-corrected chi connectivity index (χ0v) is 16.8. The van der Waals surface area contributed by atoms with Gasteiger partial charge in [0.1, 0.15) is 6.61 Å².